The Morgan fingerprint density at radius 3 is 2.26 bits per heavy atom. The summed E-state index contributed by atoms with van der Waals surface area (Å²) >= 11 is 0. The Hall–Kier alpha value is -2.83. The summed E-state index contributed by atoms with van der Waals surface area (Å²) in [6, 6.07) is 11.4. The fourth-order valence-electron chi connectivity index (χ4n) is 3.14. The van der Waals surface area contributed by atoms with Crippen LogP contribution in [0.4, 0.5) is 19.3 Å². The molecule has 1 N–H and O–H groups in total. The number of ether oxygens (including phenoxy) is 1. The van der Waals surface area contributed by atoms with E-state index in [0.29, 0.717) is 32.7 Å². The van der Waals surface area contributed by atoms with Crippen molar-refractivity contribution in [2.45, 2.75) is 6.42 Å². The molecular weight excluding hydrogens is 352 g/mol. The zero-order valence-electron chi connectivity index (χ0n) is 15.3. The number of methoxy groups -OCH3 is 1. The molecule has 0 bridgehead atoms. The standard InChI is InChI=1S/C20H23F2N3O2/c1-27-16-7-5-15(6-8-16)9-10-23-20(26)25-13-11-24(12-14-25)19-17(21)3-2-4-18(19)22/h2-8H,9-14H2,1H3,(H,23,26). The molecule has 1 heterocycles. The number of carbonyl (C=O) groups is 1. The number of benzene rings is 2. The van der Waals surface area contributed by atoms with Crippen LogP contribution < -0.4 is 15.0 Å². The molecule has 5 nitrogen and oxygen atoms in total. The number of anilines is 1. The van der Waals surface area contributed by atoms with Crippen LogP contribution in [-0.2, 0) is 6.42 Å². The van der Waals surface area contributed by atoms with E-state index in [4.69, 9.17) is 4.74 Å². The summed E-state index contributed by atoms with van der Waals surface area (Å²) in [6.45, 7) is 2.14. The summed E-state index contributed by atoms with van der Waals surface area (Å²) in [7, 11) is 1.62. The minimum Gasteiger partial charge on any atom is -0.497 e. The van der Waals surface area contributed by atoms with Gasteiger partial charge < -0.3 is 19.9 Å². The van der Waals surface area contributed by atoms with E-state index in [1.165, 1.54) is 18.2 Å². The molecule has 7 heteroatoms. The predicted octanol–water partition coefficient (Wildman–Crippen LogP) is 3.05. The second-order valence-corrected chi connectivity index (χ2v) is 6.37. The smallest absolute Gasteiger partial charge is 0.317 e. The zero-order chi connectivity index (χ0) is 19.2. The van der Waals surface area contributed by atoms with Gasteiger partial charge in [-0.25, -0.2) is 13.6 Å². The highest BCUT2D eigenvalue weighted by atomic mass is 19.1. The molecule has 0 atom stereocenters. The molecule has 0 aliphatic carbocycles. The molecular formula is C20H23F2N3O2. The Balaban J connectivity index is 1.45. The molecule has 2 amide bonds. The molecule has 27 heavy (non-hydrogen) atoms. The number of nitrogens with one attached hydrogen (secondary N) is 1. The molecule has 2 aromatic carbocycles. The number of para-hydroxylation sites is 1. The van der Waals surface area contributed by atoms with E-state index in [-0.39, 0.29) is 11.7 Å². The molecule has 144 valence electrons. The molecule has 0 unspecified atom stereocenters. The number of hydrogen-bond acceptors (Lipinski definition) is 3. The lowest BCUT2D eigenvalue weighted by Gasteiger charge is -2.36. The molecule has 1 saturated heterocycles. The number of halogens is 2. The van der Waals surface area contributed by atoms with Crippen molar-refractivity contribution in [3.63, 3.8) is 0 Å². The number of piperazine rings is 1. The maximum atomic E-state index is 13.9. The molecule has 3 rings (SSSR count). The van der Waals surface area contributed by atoms with Crippen LogP contribution in [-0.4, -0.2) is 50.8 Å². The van der Waals surface area contributed by atoms with Gasteiger partial charge in [0.15, 0.2) is 0 Å². The van der Waals surface area contributed by atoms with E-state index in [2.05, 4.69) is 5.32 Å². The van der Waals surface area contributed by atoms with Crippen LogP contribution in [0.2, 0.25) is 0 Å². The van der Waals surface area contributed by atoms with Gasteiger partial charge in [-0.2, -0.15) is 0 Å². The van der Waals surface area contributed by atoms with E-state index >= 15 is 0 Å². The van der Waals surface area contributed by atoms with E-state index in [0.717, 1.165) is 17.7 Å². The van der Waals surface area contributed by atoms with Gasteiger partial charge in [-0.3, -0.25) is 0 Å². The Morgan fingerprint density at radius 1 is 1.04 bits per heavy atom. The maximum absolute atomic E-state index is 13.9. The van der Waals surface area contributed by atoms with Crippen LogP contribution in [0.3, 0.4) is 0 Å². The molecule has 0 saturated carbocycles. The predicted molar refractivity (Wildman–Crippen MR) is 100 cm³/mol. The number of urea groups is 1. The second-order valence-electron chi connectivity index (χ2n) is 6.37. The fraction of sp³-hybridized carbons (Fsp3) is 0.350. The van der Waals surface area contributed by atoms with E-state index < -0.39 is 11.6 Å². The minimum absolute atomic E-state index is 0.0166. The lowest BCUT2D eigenvalue weighted by Crippen LogP contribution is -2.52. The SMILES string of the molecule is COc1ccc(CCNC(=O)N2CCN(c3c(F)cccc3F)CC2)cc1. The molecule has 0 aromatic heterocycles. The molecule has 1 aliphatic heterocycles. The third kappa shape index (κ3) is 4.67. The number of carbonyl (C=O) groups excluding carboxylic acids is 1. The minimum atomic E-state index is -0.576. The first-order valence-corrected chi connectivity index (χ1v) is 8.93. The Bertz CT molecular complexity index is 755. The quantitative estimate of drug-likeness (QED) is 0.874. The first-order chi connectivity index (χ1) is 13.1. The van der Waals surface area contributed by atoms with E-state index in [1.54, 1.807) is 16.9 Å². The van der Waals surface area contributed by atoms with Gasteiger partial charge in [-0.05, 0) is 36.2 Å². The van der Waals surface area contributed by atoms with Crippen LogP contribution in [0.15, 0.2) is 42.5 Å². The normalized spacial score (nSPS) is 14.2. The first kappa shape index (κ1) is 18.9. The van der Waals surface area contributed by atoms with Crippen LogP contribution in [0, 0.1) is 11.6 Å². The third-order valence-corrected chi connectivity index (χ3v) is 4.67. The van der Waals surface area contributed by atoms with Crippen LogP contribution in [0.1, 0.15) is 5.56 Å². The average Bonchev–Trinajstić information content (AvgIpc) is 2.69. The highest BCUT2D eigenvalue weighted by Crippen LogP contribution is 2.24. The molecule has 1 fully saturated rings. The van der Waals surface area contributed by atoms with Crippen molar-refractivity contribution >= 4 is 11.7 Å². The maximum Gasteiger partial charge on any atom is 0.317 e. The fourth-order valence-corrected chi connectivity index (χ4v) is 3.14. The summed E-state index contributed by atoms with van der Waals surface area (Å²) in [4.78, 5) is 15.6. The van der Waals surface area contributed by atoms with Gasteiger partial charge in [-0.1, -0.05) is 18.2 Å². The van der Waals surface area contributed by atoms with Crippen LogP contribution in [0.25, 0.3) is 0 Å². The van der Waals surface area contributed by atoms with Crippen molar-refractivity contribution < 1.29 is 18.3 Å². The molecule has 0 radical (unpaired) electrons. The van der Waals surface area contributed by atoms with E-state index in [1.807, 2.05) is 24.3 Å². The van der Waals surface area contributed by atoms with Gasteiger partial charge in [0.25, 0.3) is 0 Å². The van der Waals surface area contributed by atoms with Crippen molar-refractivity contribution in [1.29, 1.82) is 0 Å². The average molecular weight is 375 g/mol. The zero-order valence-corrected chi connectivity index (χ0v) is 15.3. The summed E-state index contributed by atoms with van der Waals surface area (Å²) in [5.74, 6) is -0.355. The third-order valence-electron chi connectivity index (χ3n) is 4.67. The lowest BCUT2D eigenvalue weighted by atomic mass is 10.1. The van der Waals surface area contributed by atoms with Crippen molar-refractivity contribution in [3.8, 4) is 5.75 Å². The molecule has 2 aromatic rings. The highest BCUT2D eigenvalue weighted by Gasteiger charge is 2.24. The monoisotopic (exact) mass is 375 g/mol. The Morgan fingerprint density at radius 2 is 1.67 bits per heavy atom. The Kier molecular flexibility index (Phi) is 6.11. The van der Waals surface area contributed by atoms with Crippen molar-refractivity contribution in [1.82, 2.24) is 10.2 Å². The molecule has 1 aliphatic rings. The Labute approximate surface area is 157 Å². The highest BCUT2D eigenvalue weighted by molar-refractivity contribution is 5.74. The number of hydrogen-bond donors (Lipinski definition) is 1. The van der Waals surface area contributed by atoms with Gasteiger partial charge in [0.2, 0.25) is 0 Å². The van der Waals surface area contributed by atoms with Gasteiger partial charge in [0.05, 0.1) is 7.11 Å². The topological polar surface area (TPSA) is 44.8 Å². The van der Waals surface area contributed by atoms with Crippen LogP contribution >= 0.6 is 0 Å². The summed E-state index contributed by atoms with van der Waals surface area (Å²) in [5.41, 5.74) is 1.09. The second kappa shape index (κ2) is 8.70. The van der Waals surface area contributed by atoms with E-state index in [9.17, 15) is 13.6 Å². The molecule has 0 spiro atoms. The largest absolute Gasteiger partial charge is 0.497 e. The van der Waals surface area contributed by atoms with Gasteiger partial charge >= 0.3 is 6.03 Å². The summed E-state index contributed by atoms with van der Waals surface area (Å²) in [6.07, 6.45) is 0.718. The summed E-state index contributed by atoms with van der Waals surface area (Å²) in [5, 5.41) is 2.90. The van der Waals surface area contributed by atoms with Crippen molar-refractivity contribution in [2.24, 2.45) is 0 Å². The van der Waals surface area contributed by atoms with Gasteiger partial charge in [0.1, 0.15) is 23.1 Å². The van der Waals surface area contributed by atoms with Gasteiger partial charge in [0, 0.05) is 32.7 Å². The summed E-state index contributed by atoms with van der Waals surface area (Å²) < 4.78 is 32.9. The number of amides is 2. The first-order valence-electron chi connectivity index (χ1n) is 8.93. The van der Waals surface area contributed by atoms with Crippen molar-refractivity contribution in [2.75, 3.05) is 44.7 Å². The van der Waals surface area contributed by atoms with Crippen molar-refractivity contribution in [3.05, 3.63) is 59.7 Å². The lowest BCUT2D eigenvalue weighted by molar-refractivity contribution is 0.194. The van der Waals surface area contributed by atoms with Crippen LogP contribution in [0.5, 0.6) is 5.75 Å². The number of nitrogens with zero attached hydrogens (tertiary/aromatic N) is 2. The van der Waals surface area contributed by atoms with Gasteiger partial charge in [-0.15, -0.1) is 0 Å². The number of rotatable bonds is 5.